The molecule has 7 rings (SSSR count). The van der Waals surface area contributed by atoms with E-state index in [0.717, 1.165) is 9.13 Å². The first-order valence-electron chi connectivity index (χ1n) is 14.3. The van der Waals surface area contributed by atoms with E-state index >= 15 is 0 Å². The highest BCUT2D eigenvalue weighted by Gasteiger charge is 2.42. The lowest BCUT2D eigenvalue weighted by atomic mass is 10.0. The average Bonchev–Trinajstić information content (AvgIpc) is 3.55. The molecule has 0 aliphatic heterocycles. The predicted molar refractivity (Wildman–Crippen MR) is 160 cm³/mol. The summed E-state index contributed by atoms with van der Waals surface area (Å²) in [4.78, 5) is 0. The monoisotopic (exact) mass is 705 g/mol. The van der Waals surface area contributed by atoms with Gasteiger partial charge in [0.2, 0.25) is 0 Å². The Balaban J connectivity index is 1.77. The fourth-order valence-electron chi connectivity index (χ4n) is 6.46. The third kappa shape index (κ3) is 5.00. The van der Waals surface area contributed by atoms with E-state index in [1.807, 2.05) is 0 Å². The standard InChI is InChI=1S/C35H15F12N3/c36-32(37,38)18-9-12-28(24(14-18)34(42,43)44)49-26-7-3-1-5-20(26)22-10-11-23-21-6-2-4-8-27(21)50(31(23)30(22)49)29-17(16-48)13-19(33(39,40)41)15-25(29)35(45,46)47/h1-15H. The van der Waals surface area contributed by atoms with Crippen molar-refractivity contribution in [2.24, 2.45) is 0 Å². The van der Waals surface area contributed by atoms with E-state index in [9.17, 15) is 57.9 Å². The Hall–Kier alpha value is -5.65. The van der Waals surface area contributed by atoms with E-state index in [-0.39, 0.29) is 61.8 Å². The SMILES string of the molecule is N#Cc1cc(C(F)(F)F)cc(C(F)(F)F)c1-n1c2ccccc2c2ccc3c4ccccc4n(-c4ccc(C(F)(F)F)cc4C(F)(F)F)c3c21. The fourth-order valence-corrected chi connectivity index (χ4v) is 6.46. The van der Waals surface area contributed by atoms with Crippen LogP contribution in [-0.2, 0) is 24.7 Å². The van der Waals surface area contributed by atoms with Crippen LogP contribution in [0.5, 0.6) is 0 Å². The second-order valence-corrected chi connectivity index (χ2v) is 11.3. The molecule has 254 valence electrons. The zero-order chi connectivity index (χ0) is 36.1. The number of nitrogens with zero attached hydrogens (tertiary/aromatic N) is 3. The van der Waals surface area contributed by atoms with E-state index in [1.165, 1.54) is 66.7 Å². The molecule has 0 aliphatic carbocycles. The lowest BCUT2D eigenvalue weighted by Gasteiger charge is -2.21. The summed E-state index contributed by atoms with van der Waals surface area (Å²) in [6.45, 7) is 0. The van der Waals surface area contributed by atoms with Crippen LogP contribution in [0.4, 0.5) is 52.7 Å². The smallest absolute Gasteiger partial charge is 0.307 e. The van der Waals surface area contributed by atoms with Crippen molar-refractivity contribution in [1.29, 1.82) is 5.26 Å². The number of hydrogen-bond donors (Lipinski definition) is 0. The highest BCUT2D eigenvalue weighted by molar-refractivity contribution is 6.24. The van der Waals surface area contributed by atoms with Crippen LogP contribution >= 0.6 is 0 Å². The van der Waals surface area contributed by atoms with Crippen LogP contribution in [0.3, 0.4) is 0 Å². The van der Waals surface area contributed by atoms with E-state index in [2.05, 4.69) is 0 Å². The lowest BCUT2D eigenvalue weighted by molar-refractivity contribution is -0.144. The molecule has 0 spiro atoms. The molecule has 5 aromatic carbocycles. The minimum Gasteiger partial charge on any atom is -0.307 e. The summed E-state index contributed by atoms with van der Waals surface area (Å²) in [5.41, 5.74) is -10.3. The largest absolute Gasteiger partial charge is 0.418 e. The second kappa shape index (κ2) is 10.7. The predicted octanol–water partition coefficient (Wildman–Crippen LogP) is 11.8. The van der Waals surface area contributed by atoms with Crippen molar-refractivity contribution in [3.05, 3.63) is 119 Å². The van der Waals surface area contributed by atoms with Gasteiger partial charge in [0.15, 0.2) is 0 Å². The van der Waals surface area contributed by atoms with Crippen LogP contribution in [0.2, 0.25) is 0 Å². The van der Waals surface area contributed by atoms with Crippen molar-refractivity contribution in [1.82, 2.24) is 9.13 Å². The van der Waals surface area contributed by atoms with Gasteiger partial charge in [-0.15, -0.1) is 0 Å². The van der Waals surface area contributed by atoms with Crippen LogP contribution in [0.15, 0.2) is 91.0 Å². The quantitative estimate of drug-likeness (QED) is 0.165. The maximum absolute atomic E-state index is 14.8. The Morgan fingerprint density at radius 1 is 0.460 bits per heavy atom. The lowest BCUT2D eigenvalue weighted by Crippen LogP contribution is -2.17. The van der Waals surface area contributed by atoms with E-state index in [0.29, 0.717) is 12.1 Å². The van der Waals surface area contributed by atoms with Crippen molar-refractivity contribution in [3.63, 3.8) is 0 Å². The minimum atomic E-state index is -5.47. The number of rotatable bonds is 2. The van der Waals surface area contributed by atoms with Gasteiger partial charge < -0.3 is 9.13 Å². The zero-order valence-electron chi connectivity index (χ0n) is 24.5. The fraction of sp³-hybridized carbons (Fsp3) is 0.114. The second-order valence-electron chi connectivity index (χ2n) is 11.3. The van der Waals surface area contributed by atoms with Crippen molar-refractivity contribution in [2.75, 3.05) is 0 Å². The number of para-hydroxylation sites is 2. The summed E-state index contributed by atoms with van der Waals surface area (Å²) in [7, 11) is 0. The van der Waals surface area contributed by atoms with Crippen LogP contribution in [0.1, 0.15) is 27.8 Å². The first-order valence-corrected chi connectivity index (χ1v) is 14.3. The van der Waals surface area contributed by atoms with Gasteiger partial charge in [0.25, 0.3) is 0 Å². The molecule has 0 saturated heterocycles. The first kappa shape index (κ1) is 32.9. The van der Waals surface area contributed by atoms with Gasteiger partial charge in [-0.05, 0) is 42.5 Å². The Labute approximate surface area is 271 Å². The molecule has 2 heterocycles. The van der Waals surface area contributed by atoms with E-state index < -0.39 is 63.9 Å². The topological polar surface area (TPSA) is 33.6 Å². The van der Waals surface area contributed by atoms with Crippen molar-refractivity contribution >= 4 is 43.6 Å². The van der Waals surface area contributed by atoms with Crippen LogP contribution < -0.4 is 0 Å². The van der Waals surface area contributed by atoms with Gasteiger partial charge in [0.1, 0.15) is 6.07 Å². The van der Waals surface area contributed by atoms with Gasteiger partial charge in [-0.25, -0.2) is 0 Å². The molecule has 0 N–H and O–H groups in total. The highest BCUT2D eigenvalue weighted by Crippen LogP contribution is 2.48. The van der Waals surface area contributed by atoms with Crippen molar-refractivity contribution < 1.29 is 52.7 Å². The van der Waals surface area contributed by atoms with E-state index in [4.69, 9.17) is 0 Å². The number of alkyl halides is 12. The Kier molecular flexibility index (Phi) is 7.02. The van der Waals surface area contributed by atoms with Gasteiger partial charge in [-0.1, -0.05) is 48.5 Å². The van der Waals surface area contributed by atoms with Gasteiger partial charge >= 0.3 is 24.7 Å². The molecule has 0 amide bonds. The molecule has 15 heteroatoms. The molecule has 50 heavy (non-hydrogen) atoms. The average molecular weight is 706 g/mol. The first-order chi connectivity index (χ1) is 23.3. The maximum atomic E-state index is 14.8. The highest BCUT2D eigenvalue weighted by atomic mass is 19.4. The van der Waals surface area contributed by atoms with Gasteiger partial charge in [-0.3, -0.25) is 0 Å². The third-order valence-corrected chi connectivity index (χ3v) is 8.43. The number of halogens is 12. The van der Waals surface area contributed by atoms with Crippen molar-refractivity contribution in [3.8, 4) is 17.4 Å². The van der Waals surface area contributed by atoms with Crippen LogP contribution in [0, 0.1) is 11.3 Å². The number of fused-ring (bicyclic) bond motifs is 7. The van der Waals surface area contributed by atoms with Crippen LogP contribution in [-0.4, -0.2) is 9.13 Å². The molecule has 0 unspecified atom stereocenters. The van der Waals surface area contributed by atoms with Gasteiger partial charge in [0.05, 0.1) is 61.3 Å². The Morgan fingerprint density at radius 2 is 0.940 bits per heavy atom. The summed E-state index contributed by atoms with van der Waals surface area (Å²) >= 11 is 0. The molecular formula is C35H15F12N3. The molecule has 0 bridgehead atoms. The molecule has 0 aliphatic rings. The van der Waals surface area contributed by atoms with E-state index in [1.54, 1.807) is 0 Å². The zero-order valence-corrected chi connectivity index (χ0v) is 24.5. The van der Waals surface area contributed by atoms with Crippen LogP contribution in [0.25, 0.3) is 55.0 Å². The number of benzene rings is 5. The third-order valence-electron chi connectivity index (χ3n) is 8.43. The maximum Gasteiger partial charge on any atom is 0.418 e. The minimum absolute atomic E-state index is 0.0287. The molecular weight excluding hydrogens is 690 g/mol. The summed E-state index contributed by atoms with van der Waals surface area (Å²) < 4.78 is 172. The van der Waals surface area contributed by atoms with Gasteiger partial charge in [-0.2, -0.15) is 57.9 Å². The number of hydrogen-bond acceptors (Lipinski definition) is 1. The molecule has 2 aromatic heterocycles. The molecule has 7 aromatic rings. The molecule has 0 radical (unpaired) electrons. The van der Waals surface area contributed by atoms with Gasteiger partial charge in [0, 0.05) is 21.5 Å². The Morgan fingerprint density at radius 3 is 1.44 bits per heavy atom. The molecule has 0 atom stereocenters. The molecule has 3 nitrogen and oxygen atoms in total. The summed E-state index contributed by atoms with van der Waals surface area (Å²) in [6.07, 6.45) is -21.3. The normalized spacial score (nSPS) is 13.2. The summed E-state index contributed by atoms with van der Waals surface area (Å²) in [5.74, 6) is 0. The number of nitriles is 1. The summed E-state index contributed by atoms with van der Waals surface area (Å²) in [6, 6.07) is 17.0. The number of aromatic nitrogens is 2. The van der Waals surface area contributed by atoms with Crippen molar-refractivity contribution in [2.45, 2.75) is 24.7 Å². The summed E-state index contributed by atoms with van der Waals surface area (Å²) in [5, 5.41) is 10.8. The Bertz CT molecular complexity index is 2550. The molecule has 0 saturated carbocycles. The molecule has 0 fully saturated rings.